The molecule has 9 nitrogen and oxygen atoms in total. The van der Waals surface area contributed by atoms with E-state index in [9.17, 15) is 9.59 Å². The molecule has 0 bridgehead atoms. The first-order valence-electron chi connectivity index (χ1n) is 14.4. The SMILES string of the molecule is CCCc1c(Cc2ccc(-c3ccccc3-c3noc(=O)[nH]3)cc2)c(=O)c(C2CCCCC2OC)c2nc(C)[nH]n12. The van der Waals surface area contributed by atoms with Gasteiger partial charge >= 0.3 is 5.76 Å². The number of hydrogen-bond acceptors (Lipinski definition) is 6. The topological polar surface area (TPSA) is 118 Å². The Morgan fingerprint density at radius 2 is 1.80 bits per heavy atom. The highest BCUT2D eigenvalue weighted by Gasteiger charge is 2.33. The Morgan fingerprint density at radius 3 is 2.51 bits per heavy atom. The summed E-state index contributed by atoms with van der Waals surface area (Å²) in [5, 5.41) is 7.29. The lowest BCUT2D eigenvalue weighted by molar-refractivity contribution is 0.0523. The van der Waals surface area contributed by atoms with E-state index in [0.717, 1.165) is 89.1 Å². The zero-order chi connectivity index (χ0) is 28.5. The van der Waals surface area contributed by atoms with Crippen molar-refractivity contribution < 1.29 is 9.26 Å². The fourth-order valence-corrected chi connectivity index (χ4v) is 6.37. The van der Waals surface area contributed by atoms with Gasteiger partial charge in [0, 0.05) is 36.3 Å². The molecule has 2 aromatic carbocycles. The molecule has 2 N–H and O–H groups in total. The molecule has 3 heterocycles. The highest BCUT2D eigenvalue weighted by molar-refractivity contribution is 5.80. The molecule has 2 unspecified atom stereocenters. The molecule has 1 saturated carbocycles. The summed E-state index contributed by atoms with van der Waals surface area (Å²) in [6.45, 7) is 4.07. The van der Waals surface area contributed by atoms with Crippen LogP contribution in [0.4, 0.5) is 0 Å². The first-order chi connectivity index (χ1) is 20.0. The molecular weight excluding hydrogens is 518 g/mol. The van der Waals surface area contributed by atoms with Gasteiger partial charge in [0.2, 0.25) is 0 Å². The summed E-state index contributed by atoms with van der Waals surface area (Å²) in [6, 6.07) is 16.0. The van der Waals surface area contributed by atoms with Crippen LogP contribution in [0.25, 0.3) is 28.2 Å². The lowest BCUT2D eigenvalue weighted by Crippen LogP contribution is -2.32. The zero-order valence-electron chi connectivity index (χ0n) is 23.7. The minimum atomic E-state index is -0.590. The molecule has 3 aromatic heterocycles. The predicted molar refractivity (Wildman–Crippen MR) is 157 cm³/mol. The van der Waals surface area contributed by atoms with Crippen molar-refractivity contribution in [3.63, 3.8) is 0 Å². The van der Waals surface area contributed by atoms with E-state index in [4.69, 9.17) is 14.2 Å². The van der Waals surface area contributed by atoms with Gasteiger partial charge in [0.15, 0.2) is 16.9 Å². The molecule has 1 aliphatic rings. The number of H-pyrrole nitrogens is 2. The number of nitrogens with zero attached hydrogens (tertiary/aromatic N) is 3. The van der Waals surface area contributed by atoms with Crippen molar-refractivity contribution in [3.05, 3.63) is 97.5 Å². The fourth-order valence-electron chi connectivity index (χ4n) is 6.37. The second-order valence-electron chi connectivity index (χ2n) is 10.9. The van der Waals surface area contributed by atoms with Gasteiger partial charge < -0.3 is 4.74 Å². The molecule has 6 rings (SSSR count). The van der Waals surface area contributed by atoms with Crippen LogP contribution < -0.4 is 11.2 Å². The summed E-state index contributed by atoms with van der Waals surface area (Å²) in [5.41, 5.74) is 7.15. The van der Waals surface area contributed by atoms with Gasteiger partial charge in [-0.3, -0.25) is 19.4 Å². The van der Waals surface area contributed by atoms with Crippen LogP contribution in [0.1, 0.15) is 73.2 Å². The lowest BCUT2D eigenvalue weighted by atomic mass is 9.80. The molecule has 0 aliphatic heterocycles. The normalized spacial score (nSPS) is 17.3. The number of rotatable bonds is 8. The Labute approximate surface area is 237 Å². The Morgan fingerprint density at radius 1 is 1.05 bits per heavy atom. The van der Waals surface area contributed by atoms with Crippen LogP contribution in [0.15, 0.2) is 62.6 Å². The molecule has 5 aromatic rings. The quantitative estimate of drug-likeness (QED) is 0.260. The molecule has 0 radical (unpaired) electrons. The van der Waals surface area contributed by atoms with E-state index in [0.29, 0.717) is 12.2 Å². The monoisotopic (exact) mass is 553 g/mol. The number of ether oxygens (including phenoxy) is 1. The van der Waals surface area contributed by atoms with E-state index in [-0.39, 0.29) is 17.5 Å². The number of fused-ring (bicyclic) bond motifs is 1. The van der Waals surface area contributed by atoms with Crippen LogP contribution in [0.3, 0.4) is 0 Å². The zero-order valence-corrected chi connectivity index (χ0v) is 23.7. The standard InChI is InChI=1S/C32H35N5O4/c1-4-9-26-25(29(38)28(31-33-19(2)35-37(26)31)24-12-7-8-13-27(24)40-3)18-20-14-16-21(17-15-20)22-10-5-6-11-23(22)30-34-32(39)41-36-30/h5-6,10-11,14-17,24,27H,4,7-9,12-13,18H2,1-3H3,(H,33,35)(H,34,36,39). The van der Waals surface area contributed by atoms with Gasteiger partial charge in [0.1, 0.15) is 5.82 Å². The number of hydrogen-bond donors (Lipinski definition) is 2. The molecular formula is C32H35N5O4. The minimum Gasteiger partial charge on any atom is -0.381 e. The Balaban J connectivity index is 1.42. The van der Waals surface area contributed by atoms with Crippen molar-refractivity contribution in [2.24, 2.45) is 0 Å². The average molecular weight is 554 g/mol. The third-order valence-corrected chi connectivity index (χ3v) is 8.27. The number of methoxy groups -OCH3 is 1. The van der Waals surface area contributed by atoms with Gasteiger partial charge in [-0.15, -0.1) is 0 Å². The summed E-state index contributed by atoms with van der Waals surface area (Å²) >= 11 is 0. The van der Waals surface area contributed by atoms with Crippen molar-refractivity contribution in [1.29, 1.82) is 0 Å². The van der Waals surface area contributed by atoms with E-state index >= 15 is 0 Å². The fraction of sp³-hybridized carbons (Fsp3) is 0.375. The molecule has 212 valence electrons. The van der Waals surface area contributed by atoms with Crippen LogP contribution in [-0.4, -0.2) is 38.0 Å². The third kappa shape index (κ3) is 5.06. The van der Waals surface area contributed by atoms with E-state index in [2.05, 4.69) is 38.8 Å². The van der Waals surface area contributed by atoms with E-state index < -0.39 is 5.76 Å². The molecule has 1 aliphatic carbocycles. The summed E-state index contributed by atoms with van der Waals surface area (Å²) < 4.78 is 12.7. The molecule has 1 fully saturated rings. The van der Waals surface area contributed by atoms with Crippen LogP contribution in [0.5, 0.6) is 0 Å². The number of nitrogens with one attached hydrogen (secondary N) is 2. The maximum atomic E-state index is 14.4. The smallest absolute Gasteiger partial charge is 0.381 e. The largest absolute Gasteiger partial charge is 0.439 e. The van der Waals surface area contributed by atoms with Crippen molar-refractivity contribution in [2.75, 3.05) is 7.11 Å². The van der Waals surface area contributed by atoms with Crippen LogP contribution in [0, 0.1) is 6.92 Å². The molecule has 0 saturated heterocycles. The highest BCUT2D eigenvalue weighted by Crippen LogP contribution is 2.36. The van der Waals surface area contributed by atoms with Gasteiger partial charge in [0.25, 0.3) is 0 Å². The number of benzene rings is 2. The van der Waals surface area contributed by atoms with Crippen molar-refractivity contribution in [1.82, 2.24) is 24.7 Å². The van der Waals surface area contributed by atoms with Crippen LogP contribution >= 0.6 is 0 Å². The minimum absolute atomic E-state index is 0.0149. The lowest BCUT2D eigenvalue weighted by Gasteiger charge is -2.31. The average Bonchev–Trinajstić information content (AvgIpc) is 3.60. The summed E-state index contributed by atoms with van der Waals surface area (Å²) in [5.74, 6) is 0.615. The third-order valence-electron chi connectivity index (χ3n) is 8.27. The Kier molecular flexibility index (Phi) is 7.45. The van der Waals surface area contributed by atoms with Crippen molar-refractivity contribution in [3.8, 4) is 22.5 Å². The van der Waals surface area contributed by atoms with E-state index in [1.165, 1.54) is 0 Å². The second kappa shape index (κ2) is 11.3. The molecule has 2 atom stereocenters. The van der Waals surface area contributed by atoms with Gasteiger partial charge in [-0.05, 0) is 42.9 Å². The van der Waals surface area contributed by atoms with Crippen LogP contribution in [-0.2, 0) is 17.6 Å². The predicted octanol–water partition coefficient (Wildman–Crippen LogP) is 5.56. The Bertz CT molecular complexity index is 1790. The first kappa shape index (κ1) is 27.0. The van der Waals surface area contributed by atoms with Crippen molar-refractivity contribution >= 4 is 5.65 Å². The summed E-state index contributed by atoms with van der Waals surface area (Å²) in [7, 11) is 1.75. The maximum absolute atomic E-state index is 14.4. The van der Waals surface area contributed by atoms with E-state index in [1.54, 1.807) is 7.11 Å². The van der Waals surface area contributed by atoms with Gasteiger partial charge in [-0.1, -0.05) is 79.9 Å². The number of aryl methyl sites for hydroxylation is 2. The van der Waals surface area contributed by atoms with Crippen molar-refractivity contribution in [2.45, 2.75) is 70.8 Å². The molecule has 9 heteroatoms. The van der Waals surface area contributed by atoms with E-state index in [1.807, 2.05) is 43.3 Å². The Hall–Kier alpha value is -4.24. The summed E-state index contributed by atoms with van der Waals surface area (Å²) in [6.07, 6.45) is 6.29. The number of pyridine rings is 1. The van der Waals surface area contributed by atoms with Gasteiger partial charge in [-0.2, -0.15) is 0 Å². The molecule has 0 amide bonds. The molecule has 0 spiro atoms. The number of aromatic amines is 2. The second-order valence-corrected chi connectivity index (χ2v) is 10.9. The van der Waals surface area contributed by atoms with Crippen LogP contribution in [0.2, 0.25) is 0 Å². The van der Waals surface area contributed by atoms with Gasteiger partial charge in [-0.25, -0.2) is 14.3 Å². The number of aromatic nitrogens is 5. The van der Waals surface area contributed by atoms with Gasteiger partial charge in [0.05, 0.1) is 11.7 Å². The molecule has 41 heavy (non-hydrogen) atoms. The summed E-state index contributed by atoms with van der Waals surface area (Å²) in [4.78, 5) is 33.4. The highest BCUT2D eigenvalue weighted by atomic mass is 16.5. The first-order valence-corrected chi connectivity index (χ1v) is 14.4. The maximum Gasteiger partial charge on any atom is 0.439 e.